The van der Waals surface area contributed by atoms with Crippen LogP contribution in [0.25, 0.3) is 0 Å². The van der Waals surface area contributed by atoms with Crippen LogP contribution in [-0.4, -0.2) is 22.0 Å². The highest BCUT2D eigenvalue weighted by atomic mass is 31.1. The van der Waals surface area contributed by atoms with E-state index in [1.54, 1.807) is 13.0 Å². The molecule has 0 amide bonds. The van der Waals surface area contributed by atoms with Crippen LogP contribution in [0.2, 0.25) is 0 Å². The smallest absolute Gasteiger partial charge is 0.295 e. The number of allylic oxidation sites excluding steroid dienone is 3. The van der Waals surface area contributed by atoms with Crippen LogP contribution in [-0.2, 0) is 9.36 Å². The largest absolute Gasteiger partial charge is 0.692 e. The van der Waals surface area contributed by atoms with Crippen molar-refractivity contribution in [3.05, 3.63) is 23.8 Å². The van der Waals surface area contributed by atoms with Crippen LogP contribution in [0.15, 0.2) is 23.8 Å². The number of hydrogen-bond donors (Lipinski definition) is 2. The van der Waals surface area contributed by atoms with Gasteiger partial charge in [0, 0.05) is 17.4 Å². The zero-order valence-electron chi connectivity index (χ0n) is 10.9. The molecule has 4 nitrogen and oxygen atoms in total. The van der Waals surface area contributed by atoms with Gasteiger partial charge in [-0.25, -0.2) is 8.78 Å². The number of rotatable bonds is 3. The predicted octanol–water partition coefficient (Wildman–Crippen LogP) is 2.75. The first kappa shape index (κ1) is 15.1. The fourth-order valence-electron chi connectivity index (χ4n) is 1.53. The summed E-state index contributed by atoms with van der Waals surface area (Å²) in [6, 6.07) is 0. The van der Waals surface area contributed by atoms with Gasteiger partial charge >= 0.3 is 8.25 Å². The van der Waals surface area contributed by atoms with Gasteiger partial charge in [-0.15, -0.1) is 9.79 Å². The summed E-state index contributed by atoms with van der Waals surface area (Å²) in [7, 11) is -2.87. The summed E-state index contributed by atoms with van der Waals surface area (Å²) in [6.45, 7) is 5.26. The van der Waals surface area contributed by atoms with Crippen molar-refractivity contribution in [1.29, 1.82) is 0 Å². The molecule has 1 aliphatic carbocycles. The van der Waals surface area contributed by atoms with Crippen molar-refractivity contribution in [3.8, 4) is 0 Å². The van der Waals surface area contributed by atoms with Crippen LogP contribution in [0.3, 0.4) is 0 Å². The van der Waals surface area contributed by atoms with Gasteiger partial charge in [0.2, 0.25) is 6.40 Å². The van der Waals surface area contributed by atoms with Gasteiger partial charge in [-0.3, -0.25) is 4.79 Å². The monoisotopic (exact) mass is 282 g/mol. The summed E-state index contributed by atoms with van der Waals surface area (Å²) in [5.74, 6) is -0.238. The van der Waals surface area contributed by atoms with Crippen molar-refractivity contribution >= 4 is 14.0 Å². The molecule has 0 aromatic rings. The number of carbonyl (C=O) groups excluding carboxylic acids is 1. The third-order valence-corrected chi connectivity index (χ3v) is 2.52. The molecule has 0 aliphatic heterocycles. The number of ketones is 1. The van der Waals surface area contributed by atoms with Crippen LogP contribution in [0.1, 0.15) is 27.6 Å². The van der Waals surface area contributed by atoms with Crippen molar-refractivity contribution in [1.82, 2.24) is 0 Å². The van der Waals surface area contributed by atoms with E-state index in [0.717, 1.165) is 0 Å². The summed E-state index contributed by atoms with van der Waals surface area (Å²) in [5.41, 5.74) is 0.990. The molecule has 0 aromatic heterocycles. The molecule has 1 rings (SSSR count). The molecule has 0 spiro atoms. The molecule has 0 bridgehead atoms. The maximum atomic E-state index is 12.4. The Kier molecular flexibility index (Phi) is 6.86. The first-order valence-corrected chi connectivity index (χ1v) is 6.30. The molecular formula is C11H16F2O4P+. The van der Waals surface area contributed by atoms with Gasteiger partial charge in [0.1, 0.15) is 1.37 Å². The maximum absolute atomic E-state index is 12.4. The topological polar surface area (TPSA) is 74.6 Å². The zero-order chi connectivity index (χ0) is 15.2. The zero-order valence-corrected chi connectivity index (χ0v) is 10.8. The number of halogens is 2. The fourth-order valence-corrected chi connectivity index (χ4v) is 1.53. The fraction of sp³-hybridized carbons (Fsp3) is 0.545. The van der Waals surface area contributed by atoms with E-state index in [2.05, 4.69) is 6.58 Å². The molecule has 0 unspecified atom stereocenters. The Morgan fingerprint density at radius 2 is 2.22 bits per heavy atom. The van der Waals surface area contributed by atoms with E-state index in [4.69, 9.17) is 15.7 Å². The van der Waals surface area contributed by atoms with Gasteiger partial charge in [-0.05, 0) is 24.8 Å². The Morgan fingerprint density at radius 1 is 1.72 bits per heavy atom. The van der Waals surface area contributed by atoms with E-state index in [1.807, 2.05) is 0 Å². The minimum atomic E-state index is -3.48. The van der Waals surface area contributed by atoms with E-state index >= 15 is 0 Å². The van der Waals surface area contributed by atoms with Crippen LogP contribution in [0.5, 0.6) is 0 Å². The highest BCUT2D eigenvalue weighted by Crippen LogP contribution is 2.29. The number of alkyl halides is 2. The predicted molar refractivity (Wildman–Crippen MR) is 63.3 cm³/mol. The van der Waals surface area contributed by atoms with E-state index in [0.29, 0.717) is 17.6 Å². The minimum Gasteiger partial charge on any atom is -0.295 e. The van der Waals surface area contributed by atoms with Gasteiger partial charge in [-0.2, -0.15) is 0 Å². The Balaban J connectivity index is 0.000000711. The van der Waals surface area contributed by atoms with Gasteiger partial charge in [0.25, 0.3) is 0 Å². The van der Waals surface area contributed by atoms with E-state index < -0.39 is 21.1 Å². The van der Waals surface area contributed by atoms with Crippen LogP contribution < -0.4 is 0 Å². The molecular weight excluding hydrogens is 265 g/mol. The first-order valence-electron chi connectivity index (χ1n) is 5.63. The lowest BCUT2D eigenvalue weighted by Gasteiger charge is -2.21. The molecule has 2 N–H and O–H groups in total. The summed E-state index contributed by atoms with van der Waals surface area (Å²) in [4.78, 5) is 25.6. The highest BCUT2D eigenvalue weighted by Gasteiger charge is 2.22. The molecule has 0 fully saturated rings. The third kappa shape index (κ3) is 7.37. The lowest BCUT2D eigenvalue weighted by atomic mass is 9.83. The molecule has 0 radical (unpaired) electrons. The first-order chi connectivity index (χ1) is 8.53. The number of Topliss-reactive ketones (excluding diaryl/α,β-unsaturated/α-hetero) is 1. The molecule has 0 heterocycles. The van der Waals surface area contributed by atoms with Gasteiger partial charge in [0.05, 0.1) is 0 Å². The lowest BCUT2D eigenvalue weighted by Crippen LogP contribution is -2.16. The molecule has 7 heteroatoms. The molecule has 0 saturated carbocycles. The van der Waals surface area contributed by atoms with E-state index in [9.17, 15) is 13.6 Å². The Hall–Kier alpha value is -0.970. The van der Waals surface area contributed by atoms with Gasteiger partial charge in [0.15, 0.2) is 5.78 Å². The average molecular weight is 282 g/mol. The number of carbonyl (C=O) groups is 1. The molecule has 0 saturated heterocycles. The molecule has 1 aliphatic rings. The Morgan fingerprint density at radius 3 is 2.61 bits per heavy atom. The van der Waals surface area contributed by atoms with Crippen LogP contribution in [0, 0.1) is 5.92 Å². The molecule has 102 valence electrons. The molecule has 18 heavy (non-hydrogen) atoms. The Labute approximate surface area is 106 Å². The normalized spacial score (nSPS) is 20.3. The quantitative estimate of drug-likeness (QED) is 0.616. The van der Waals surface area contributed by atoms with Gasteiger partial charge < -0.3 is 0 Å². The van der Waals surface area contributed by atoms with Crippen molar-refractivity contribution in [2.75, 3.05) is 0 Å². The summed E-state index contributed by atoms with van der Waals surface area (Å²) in [5, 5.41) is 0. The summed E-state index contributed by atoms with van der Waals surface area (Å²) >= 11 is 0. The minimum absolute atomic E-state index is 0.0132. The highest BCUT2D eigenvalue weighted by molar-refractivity contribution is 7.30. The van der Waals surface area contributed by atoms with Crippen LogP contribution in [0.4, 0.5) is 8.78 Å². The maximum Gasteiger partial charge on any atom is 0.692 e. The number of hydrogen-bond acceptors (Lipinski definition) is 2. The average Bonchev–Trinajstić information content (AvgIpc) is 2.18. The van der Waals surface area contributed by atoms with Crippen molar-refractivity contribution in [2.45, 2.75) is 32.6 Å². The summed E-state index contributed by atoms with van der Waals surface area (Å²) in [6.07, 6.45) is -1.55. The molecule has 0 aromatic carbocycles. The van der Waals surface area contributed by atoms with Gasteiger partial charge in [-0.1, -0.05) is 18.2 Å². The van der Waals surface area contributed by atoms with E-state index in [1.165, 1.54) is 0 Å². The lowest BCUT2D eigenvalue weighted by molar-refractivity contribution is -0.116. The van der Waals surface area contributed by atoms with Crippen molar-refractivity contribution < 1.29 is 29.3 Å². The standard InChI is InChI=1S/C11H14F2O.HO3P/c1-7-3-4-9(6-10(7)14)8(2)5-11(12)13;1-4(2)3/h3,9,11H,2,4-6H2,1H3;(H-,1,2,3)/p+1/t9-;/m0./s1/i11D;. The second kappa shape index (κ2) is 8.19. The molecule has 1 atom stereocenters. The second-order valence-electron chi connectivity index (χ2n) is 3.87. The second-order valence-corrected chi connectivity index (χ2v) is 4.38. The SMILES string of the molecule is O=[P+](O)O.[2H]C(F)(F)CC(=C)[C@H]1CC=C(C)C(=O)C1. The summed E-state index contributed by atoms with van der Waals surface area (Å²) < 4.78 is 40.0. The Bertz CT molecular complexity index is 400. The van der Waals surface area contributed by atoms with E-state index in [-0.39, 0.29) is 18.1 Å². The third-order valence-electron chi connectivity index (χ3n) is 2.52. The van der Waals surface area contributed by atoms with Crippen molar-refractivity contribution in [3.63, 3.8) is 0 Å². The van der Waals surface area contributed by atoms with Crippen LogP contribution >= 0.6 is 8.25 Å². The van der Waals surface area contributed by atoms with Crippen molar-refractivity contribution in [2.24, 2.45) is 5.92 Å².